The van der Waals surface area contributed by atoms with Crippen LogP contribution >= 0.6 is 11.3 Å². The summed E-state index contributed by atoms with van der Waals surface area (Å²) < 4.78 is 12.7. The number of carbonyl (C=O) groups excluding carboxylic acids is 2. The van der Waals surface area contributed by atoms with Gasteiger partial charge in [-0.3, -0.25) is 10.1 Å². The molecular formula is C30H23N3O4S. The molecule has 1 unspecified atom stereocenters. The number of aryl methyl sites for hydroxylation is 1. The molecule has 1 atom stereocenters. The largest absolute Gasteiger partial charge is 0.449 e. The highest BCUT2D eigenvalue weighted by molar-refractivity contribution is 7.22. The molecular weight excluding hydrogens is 498 g/mol. The predicted octanol–water partition coefficient (Wildman–Crippen LogP) is 7.14. The Morgan fingerprint density at radius 3 is 2.61 bits per heavy atom. The number of para-hydroxylation sites is 2. The van der Waals surface area contributed by atoms with Gasteiger partial charge in [0.15, 0.2) is 16.8 Å². The van der Waals surface area contributed by atoms with Gasteiger partial charge in [0, 0.05) is 10.9 Å². The molecule has 2 heterocycles. The van der Waals surface area contributed by atoms with Gasteiger partial charge in [0.1, 0.15) is 5.52 Å². The molecule has 0 radical (unpaired) electrons. The van der Waals surface area contributed by atoms with Crippen LogP contribution in [0.4, 0.5) is 5.13 Å². The monoisotopic (exact) mass is 521 g/mol. The molecule has 188 valence electrons. The minimum atomic E-state index is -0.983. The van der Waals surface area contributed by atoms with E-state index in [4.69, 9.17) is 9.15 Å². The van der Waals surface area contributed by atoms with E-state index in [0.717, 1.165) is 26.7 Å². The van der Waals surface area contributed by atoms with E-state index >= 15 is 0 Å². The second-order valence-corrected chi connectivity index (χ2v) is 10.0. The molecule has 0 aliphatic rings. The maximum Gasteiger partial charge on any atom is 0.339 e. The summed E-state index contributed by atoms with van der Waals surface area (Å²) >= 11 is 1.39. The first kappa shape index (κ1) is 23.8. The Labute approximate surface area is 222 Å². The molecule has 0 saturated heterocycles. The van der Waals surface area contributed by atoms with Crippen LogP contribution in [-0.2, 0) is 9.53 Å². The van der Waals surface area contributed by atoms with Crippen molar-refractivity contribution in [1.82, 2.24) is 9.97 Å². The van der Waals surface area contributed by atoms with Crippen LogP contribution in [0.1, 0.15) is 29.3 Å². The second kappa shape index (κ2) is 9.72. The van der Waals surface area contributed by atoms with Crippen molar-refractivity contribution in [3.05, 3.63) is 90.0 Å². The molecule has 6 rings (SSSR count). The van der Waals surface area contributed by atoms with Crippen molar-refractivity contribution in [3.8, 4) is 11.5 Å². The highest BCUT2D eigenvalue weighted by atomic mass is 32.1. The quantitative estimate of drug-likeness (QED) is 0.234. The van der Waals surface area contributed by atoms with Crippen molar-refractivity contribution in [1.29, 1.82) is 0 Å². The van der Waals surface area contributed by atoms with E-state index < -0.39 is 18.0 Å². The zero-order valence-corrected chi connectivity index (χ0v) is 21.5. The number of fused-ring (bicyclic) bond motifs is 3. The predicted molar refractivity (Wildman–Crippen MR) is 149 cm³/mol. The molecule has 0 saturated carbocycles. The molecule has 7 nitrogen and oxygen atoms in total. The number of benzene rings is 4. The third-order valence-corrected chi connectivity index (χ3v) is 7.27. The molecule has 0 bridgehead atoms. The lowest BCUT2D eigenvalue weighted by atomic mass is 9.99. The highest BCUT2D eigenvalue weighted by Gasteiger charge is 2.25. The van der Waals surface area contributed by atoms with E-state index in [9.17, 15) is 9.59 Å². The Balaban J connectivity index is 1.30. The van der Waals surface area contributed by atoms with E-state index in [1.807, 2.05) is 73.7 Å². The number of oxazole rings is 1. The summed E-state index contributed by atoms with van der Waals surface area (Å²) in [5.41, 5.74) is 4.32. The first-order valence-corrected chi connectivity index (χ1v) is 13.1. The second-order valence-electron chi connectivity index (χ2n) is 8.98. The van der Waals surface area contributed by atoms with E-state index in [1.54, 1.807) is 19.1 Å². The summed E-state index contributed by atoms with van der Waals surface area (Å²) in [5, 5.41) is 4.77. The third-order valence-electron chi connectivity index (χ3n) is 6.34. The van der Waals surface area contributed by atoms with Gasteiger partial charge in [-0.05, 0) is 60.7 Å². The maximum atomic E-state index is 13.5. The fourth-order valence-electron chi connectivity index (χ4n) is 4.46. The van der Waals surface area contributed by atoms with E-state index in [-0.39, 0.29) is 0 Å². The van der Waals surface area contributed by atoms with Crippen LogP contribution in [0, 0.1) is 6.92 Å². The number of amides is 1. The number of rotatable bonds is 6. The van der Waals surface area contributed by atoms with Crippen molar-refractivity contribution in [3.63, 3.8) is 0 Å². The molecule has 6 aromatic rings. The van der Waals surface area contributed by atoms with Gasteiger partial charge in [-0.25, -0.2) is 14.8 Å². The lowest BCUT2D eigenvalue weighted by Crippen LogP contribution is -2.32. The number of hydrogen-bond acceptors (Lipinski definition) is 7. The fraction of sp³-hybridized carbons (Fsp3) is 0.133. The first-order chi connectivity index (χ1) is 18.5. The van der Waals surface area contributed by atoms with Crippen LogP contribution in [0.3, 0.4) is 0 Å². The summed E-state index contributed by atoms with van der Waals surface area (Å²) in [6, 6.07) is 24.5. The Bertz CT molecular complexity index is 1800. The van der Waals surface area contributed by atoms with Gasteiger partial charge in [-0.15, -0.1) is 0 Å². The highest BCUT2D eigenvalue weighted by Crippen LogP contribution is 2.33. The lowest BCUT2D eigenvalue weighted by molar-refractivity contribution is -0.124. The Hall–Kier alpha value is -4.56. The van der Waals surface area contributed by atoms with Crippen LogP contribution in [0.25, 0.3) is 43.5 Å². The third kappa shape index (κ3) is 4.39. The number of hydrogen-bond donors (Lipinski definition) is 1. The molecule has 1 N–H and O–H groups in total. The van der Waals surface area contributed by atoms with Gasteiger partial charge < -0.3 is 9.15 Å². The summed E-state index contributed by atoms with van der Waals surface area (Å²) in [4.78, 5) is 35.6. The van der Waals surface area contributed by atoms with Crippen molar-refractivity contribution < 1.29 is 18.7 Å². The SMILES string of the molecule is CCC(OC(=O)c1cccc2cccc(-c3nc4ccccc4o3)c12)C(=O)Nc1nc2ccc(C)cc2s1. The van der Waals surface area contributed by atoms with E-state index in [2.05, 4.69) is 15.3 Å². The fourth-order valence-corrected chi connectivity index (χ4v) is 5.43. The number of aromatic nitrogens is 2. The van der Waals surface area contributed by atoms with Gasteiger partial charge in [-0.2, -0.15) is 0 Å². The zero-order valence-electron chi connectivity index (χ0n) is 20.7. The molecule has 2 aromatic heterocycles. The Kier molecular flexibility index (Phi) is 6.09. The molecule has 0 aliphatic heterocycles. The van der Waals surface area contributed by atoms with Crippen LogP contribution in [0.15, 0.2) is 83.3 Å². The van der Waals surface area contributed by atoms with Crippen molar-refractivity contribution in [2.45, 2.75) is 26.4 Å². The van der Waals surface area contributed by atoms with Crippen LogP contribution in [-0.4, -0.2) is 27.9 Å². The van der Waals surface area contributed by atoms with E-state index in [1.165, 1.54) is 11.3 Å². The number of thiazole rings is 1. The Morgan fingerprint density at radius 2 is 1.79 bits per heavy atom. The average Bonchev–Trinajstić information content (AvgIpc) is 3.54. The molecule has 0 aliphatic carbocycles. The normalized spacial score (nSPS) is 12.2. The lowest BCUT2D eigenvalue weighted by Gasteiger charge is -2.16. The topological polar surface area (TPSA) is 94.3 Å². The standard InChI is InChI=1S/C30H23N3O4S/c1-3-23(27(34)33-30-32-22-15-14-17(2)16-25(22)38-30)37-29(35)20-11-7-9-18-8-6-10-19(26(18)20)28-31-21-12-4-5-13-24(21)36-28/h4-16,23H,3H2,1-2H3,(H,32,33,34). The molecule has 0 spiro atoms. The minimum absolute atomic E-state index is 0.310. The summed E-state index contributed by atoms with van der Waals surface area (Å²) in [6.07, 6.45) is -0.673. The van der Waals surface area contributed by atoms with Crippen LogP contribution in [0.5, 0.6) is 0 Å². The number of carbonyl (C=O) groups is 2. The number of anilines is 1. The van der Waals surface area contributed by atoms with Gasteiger partial charge in [0.25, 0.3) is 5.91 Å². The first-order valence-electron chi connectivity index (χ1n) is 12.3. The number of esters is 1. The zero-order chi connectivity index (χ0) is 26.2. The van der Waals surface area contributed by atoms with Crippen molar-refractivity contribution in [2.75, 3.05) is 5.32 Å². The Morgan fingerprint density at radius 1 is 0.974 bits per heavy atom. The molecule has 8 heteroatoms. The van der Waals surface area contributed by atoms with Crippen molar-refractivity contribution >= 4 is 60.4 Å². The van der Waals surface area contributed by atoms with Gasteiger partial charge in [0.05, 0.1) is 15.8 Å². The van der Waals surface area contributed by atoms with Gasteiger partial charge in [-0.1, -0.05) is 60.7 Å². The minimum Gasteiger partial charge on any atom is -0.449 e. The van der Waals surface area contributed by atoms with Crippen LogP contribution < -0.4 is 5.32 Å². The number of nitrogens with one attached hydrogen (secondary N) is 1. The summed E-state index contributed by atoms with van der Waals surface area (Å²) in [7, 11) is 0. The van der Waals surface area contributed by atoms with Gasteiger partial charge >= 0.3 is 5.97 Å². The van der Waals surface area contributed by atoms with E-state index in [0.29, 0.717) is 39.5 Å². The molecule has 1 amide bonds. The smallest absolute Gasteiger partial charge is 0.339 e. The summed E-state index contributed by atoms with van der Waals surface area (Å²) in [5.74, 6) is -0.606. The molecule has 0 fully saturated rings. The molecule has 38 heavy (non-hydrogen) atoms. The summed E-state index contributed by atoms with van der Waals surface area (Å²) in [6.45, 7) is 3.80. The maximum absolute atomic E-state index is 13.5. The van der Waals surface area contributed by atoms with Gasteiger partial charge in [0.2, 0.25) is 5.89 Å². The number of ether oxygens (including phenoxy) is 1. The van der Waals surface area contributed by atoms with Crippen molar-refractivity contribution in [2.24, 2.45) is 0 Å². The average molecular weight is 522 g/mol. The molecule has 4 aromatic carbocycles. The number of nitrogens with zero attached hydrogens (tertiary/aromatic N) is 2. The van der Waals surface area contributed by atoms with Crippen LogP contribution in [0.2, 0.25) is 0 Å².